The average molecular weight is 310 g/mol. The maximum absolute atomic E-state index is 12.8. The molecule has 3 rings (SSSR count). The Bertz CT molecular complexity index is 715. The van der Waals surface area contributed by atoms with Crippen LogP contribution >= 0.6 is 0 Å². The van der Waals surface area contributed by atoms with Crippen molar-refractivity contribution < 1.29 is 14.3 Å². The second-order valence-corrected chi connectivity index (χ2v) is 5.51. The Morgan fingerprint density at radius 1 is 1.13 bits per heavy atom. The molecule has 23 heavy (non-hydrogen) atoms. The summed E-state index contributed by atoms with van der Waals surface area (Å²) in [4.78, 5) is 25.7. The lowest BCUT2D eigenvalue weighted by Gasteiger charge is -2.25. The Morgan fingerprint density at radius 3 is 2.57 bits per heavy atom. The minimum atomic E-state index is -0.844. The van der Waals surface area contributed by atoms with E-state index >= 15 is 0 Å². The SMILES string of the molecule is NC(=O)CC1OCc2ccccc2N(Cc2ccccc2)C1=O. The van der Waals surface area contributed by atoms with Crippen LogP contribution in [0, 0.1) is 0 Å². The molecule has 2 aromatic rings. The molecule has 0 fully saturated rings. The van der Waals surface area contributed by atoms with E-state index in [1.807, 2.05) is 54.6 Å². The van der Waals surface area contributed by atoms with Crippen LogP contribution in [-0.2, 0) is 27.5 Å². The number of anilines is 1. The summed E-state index contributed by atoms with van der Waals surface area (Å²) in [6.45, 7) is 0.709. The van der Waals surface area contributed by atoms with Crippen LogP contribution in [0.4, 0.5) is 5.69 Å². The van der Waals surface area contributed by atoms with E-state index in [2.05, 4.69) is 0 Å². The minimum Gasteiger partial charge on any atom is -0.370 e. The van der Waals surface area contributed by atoms with Crippen molar-refractivity contribution in [3.63, 3.8) is 0 Å². The number of hydrogen-bond donors (Lipinski definition) is 1. The van der Waals surface area contributed by atoms with Crippen LogP contribution in [0.25, 0.3) is 0 Å². The lowest BCUT2D eigenvalue weighted by atomic mass is 10.1. The summed E-state index contributed by atoms with van der Waals surface area (Å²) in [7, 11) is 0. The lowest BCUT2D eigenvalue weighted by molar-refractivity contribution is -0.135. The molecule has 0 spiro atoms. The van der Waals surface area contributed by atoms with Gasteiger partial charge in [-0.15, -0.1) is 0 Å². The van der Waals surface area contributed by atoms with Gasteiger partial charge in [0.25, 0.3) is 5.91 Å². The molecule has 1 unspecified atom stereocenters. The van der Waals surface area contributed by atoms with Crippen molar-refractivity contribution >= 4 is 17.5 Å². The van der Waals surface area contributed by atoms with E-state index in [-0.39, 0.29) is 18.9 Å². The lowest BCUT2D eigenvalue weighted by Crippen LogP contribution is -2.40. The number of nitrogens with two attached hydrogens (primary N) is 1. The largest absolute Gasteiger partial charge is 0.370 e. The van der Waals surface area contributed by atoms with Gasteiger partial charge in [0.1, 0.15) is 6.10 Å². The van der Waals surface area contributed by atoms with Crippen molar-refractivity contribution in [1.82, 2.24) is 0 Å². The summed E-state index contributed by atoms with van der Waals surface area (Å²) < 4.78 is 5.63. The molecular weight excluding hydrogens is 292 g/mol. The molecule has 118 valence electrons. The second kappa shape index (κ2) is 6.62. The van der Waals surface area contributed by atoms with Crippen LogP contribution in [0.1, 0.15) is 17.5 Å². The third-order valence-corrected chi connectivity index (χ3v) is 3.83. The third kappa shape index (κ3) is 3.40. The zero-order chi connectivity index (χ0) is 16.2. The van der Waals surface area contributed by atoms with E-state index < -0.39 is 12.0 Å². The first kappa shape index (κ1) is 15.2. The van der Waals surface area contributed by atoms with Gasteiger partial charge >= 0.3 is 0 Å². The summed E-state index contributed by atoms with van der Waals surface area (Å²) in [5.41, 5.74) is 7.99. The Kier molecular flexibility index (Phi) is 4.39. The molecule has 1 atom stereocenters. The average Bonchev–Trinajstić information content (AvgIpc) is 2.68. The zero-order valence-electron chi connectivity index (χ0n) is 12.6. The van der Waals surface area contributed by atoms with E-state index in [9.17, 15) is 9.59 Å². The molecule has 0 radical (unpaired) electrons. The molecule has 0 bridgehead atoms. The highest BCUT2D eigenvalue weighted by molar-refractivity contribution is 5.99. The van der Waals surface area contributed by atoms with Crippen LogP contribution in [0.5, 0.6) is 0 Å². The molecule has 5 heteroatoms. The second-order valence-electron chi connectivity index (χ2n) is 5.51. The highest BCUT2D eigenvalue weighted by atomic mass is 16.5. The van der Waals surface area contributed by atoms with Gasteiger partial charge < -0.3 is 15.4 Å². The first-order valence-electron chi connectivity index (χ1n) is 7.48. The maximum Gasteiger partial charge on any atom is 0.256 e. The summed E-state index contributed by atoms with van der Waals surface area (Å²) in [6, 6.07) is 17.3. The van der Waals surface area contributed by atoms with Crippen molar-refractivity contribution in [2.75, 3.05) is 4.90 Å². The van der Waals surface area contributed by atoms with E-state index in [0.29, 0.717) is 6.54 Å². The van der Waals surface area contributed by atoms with Crippen molar-refractivity contribution in [3.8, 4) is 0 Å². The molecule has 1 aliphatic rings. The van der Waals surface area contributed by atoms with E-state index in [1.165, 1.54) is 0 Å². The van der Waals surface area contributed by atoms with Gasteiger partial charge in [-0.05, 0) is 11.6 Å². The molecule has 1 aliphatic heterocycles. The molecule has 0 aromatic heterocycles. The normalized spacial score (nSPS) is 17.5. The summed E-state index contributed by atoms with van der Waals surface area (Å²) in [5, 5.41) is 0. The highest BCUT2D eigenvalue weighted by Gasteiger charge is 2.32. The third-order valence-electron chi connectivity index (χ3n) is 3.83. The van der Waals surface area contributed by atoms with Crippen molar-refractivity contribution in [3.05, 3.63) is 65.7 Å². The molecule has 2 aromatic carbocycles. The van der Waals surface area contributed by atoms with Gasteiger partial charge in [0, 0.05) is 11.3 Å². The Labute approximate surface area is 134 Å². The number of carbonyl (C=O) groups excluding carboxylic acids is 2. The number of rotatable bonds is 4. The van der Waals surface area contributed by atoms with Crippen molar-refractivity contribution in [2.24, 2.45) is 5.73 Å². The van der Waals surface area contributed by atoms with Gasteiger partial charge in [0.15, 0.2) is 0 Å². The fraction of sp³-hybridized carbons (Fsp3) is 0.222. The predicted octanol–water partition coefficient (Wildman–Crippen LogP) is 1.99. The number of carbonyl (C=O) groups is 2. The van der Waals surface area contributed by atoms with Crippen molar-refractivity contribution in [1.29, 1.82) is 0 Å². The molecule has 5 nitrogen and oxygen atoms in total. The highest BCUT2D eigenvalue weighted by Crippen LogP contribution is 2.28. The van der Waals surface area contributed by atoms with Crippen LogP contribution in [0.2, 0.25) is 0 Å². The van der Waals surface area contributed by atoms with Gasteiger partial charge in [0.2, 0.25) is 5.91 Å². The quantitative estimate of drug-likeness (QED) is 0.938. The van der Waals surface area contributed by atoms with Crippen LogP contribution in [-0.4, -0.2) is 17.9 Å². The van der Waals surface area contributed by atoms with Gasteiger partial charge in [-0.3, -0.25) is 9.59 Å². The van der Waals surface area contributed by atoms with E-state index in [0.717, 1.165) is 16.8 Å². The first-order chi connectivity index (χ1) is 11.1. The van der Waals surface area contributed by atoms with Crippen LogP contribution < -0.4 is 10.6 Å². The maximum atomic E-state index is 12.8. The van der Waals surface area contributed by atoms with Gasteiger partial charge in [0.05, 0.1) is 19.6 Å². The number of hydrogen-bond acceptors (Lipinski definition) is 3. The summed E-state index contributed by atoms with van der Waals surface area (Å²) >= 11 is 0. The topological polar surface area (TPSA) is 72.6 Å². The van der Waals surface area contributed by atoms with E-state index in [1.54, 1.807) is 4.90 Å². The molecule has 0 saturated carbocycles. The molecule has 0 aliphatic carbocycles. The molecule has 2 amide bonds. The minimum absolute atomic E-state index is 0.113. The summed E-state index contributed by atoms with van der Waals surface area (Å²) in [6.07, 6.45) is -0.957. The number of nitrogens with zero attached hydrogens (tertiary/aromatic N) is 1. The Hall–Kier alpha value is -2.66. The standard InChI is InChI=1S/C18H18N2O3/c19-17(21)10-16-18(22)20(11-13-6-2-1-3-7-13)15-9-5-4-8-14(15)12-23-16/h1-9,16H,10-12H2,(H2,19,21). The van der Waals surface area contributed by atoms with Gasteiger partial charge in [-0.25, -0.2) is 0 Å². The van der Waals surface area contributed by atoms with Gasteiger partial charge in [-0.2, -0.15) is 0 Å². The molecule has 1 heterocycles. The zero-order valence-corrected chi connectivity index (χ0v) is 12.6. The fourth-order valence-electron chi connectivity index (χ4n) is 2.71. The Balaban J connectivity index is 1.96. The molecule has 0 saturated heterocycles. The van der Waals surface area contributed by atoms with Crippen LogP contribution in [0.3, 0.4) is 0 Å². The number of para-hydroxylation sites is 1. The summed E-state index contributed by atoms with van der Waals surface area (Å²) in [5.74, 6) is -0.786. The number of amides is 2. The fourth-order valence-corrected chi connectivity index (χ4v) is 2.71. The van der Waals surface area contributed by atoms with E-state index in [4.69, 9.17) is 10.5 Å². The molecule has 2 N–H and O–H groups in total. The number of fused-ring (bicyclic) bond motifs is 1. The number of benzene rings is 2. The van der Waals surface area contributed by atoms with Crippen molar-refractivity contribution in [2.45, 2.75) is 25.7 Å². The van der Waals surface area contributed by atoms with Crippen LogP contribution in [0.15, 0.2) is 54.6 Å². The predicted molar refractivity (Wildman–Crippen MR) is 86.5 cm³/mol. The molecular formula is C18H18N2O3. The number of primary amides is 1. The number of ether oxygens (including phenoxy) is 1. The monoisotopic (exact) mass is 310 g/mol. The van der Waals surface area contributed by atoms with Gasteiger partial charge in [-0.1, -0.05) is 48.5 Å². The Morgan fingerprint density at radius 2 is 1.83 bits per heavy atom. The smallest absolute Gasteiger partial charge is 0.256 e. The first-order valence-corrected chi connectivity index (χ1v) is 7.48.